The van der Waals surface area contributed by atoms with Crippen molar-refractivity contribution in [3.05, 3.63) is 101 Å². The normalized spacial score (nSPS) is 15.6. The van der Waals surface area contributed by atoms with E-state index in [1.807, 2.05) is 49.3 Å². The summed E-state index contributed by atoms with van der Waals surface area (Å²) in [5, 5.41) is 11.6. The summed E-state index contributed by atoms with van der Waals surface area (Å²) in [5.41, 5.74) is 2.67. The number of benzene rings is 2. The number of carbonyl (C=O) groups is 2. The highest BCUT2D eigenvalue weighted by Gasteiger charge is 2.44. The number of aromatic nitrogens is 1. The Morgan fingerprint density at radius 1 is 1.11 bits per heavy atom. The fourth-order valence-corrected chi connectivity index (χ4v) is 4.46. The van der Waals surface area contributed by atoms with Crippen LogP contribution in [-0.4, -0.2) is 47.9 Å². The van der Waals surface area contributed by atoms with Gasteiger partial charge in [-0.25, -0.2) is 0 Å². The summed E-state index contributed by atoms with van der Waals surface area (Å²) in [5.74, 6) is -1.30. The first-order valence-corrected chi connectivity index (χ1v) is 11.4. The standard InChI is InChI=1S/C28H25N3O5/c1-30(2)20-12-10-17(11-13-20)24-23(26(33)28(34)31(24)16-19-8-4-5-14-29-19)25(32)22-15-18-7-6-9-21(35-3)27(18)36-22/h4-15,24,33H,16H2,1-3H3. The Hall–Kier alpha value is -4.59. The second kappa shape index (κ2) is 9.22. The zero-order chi connectivity index (χ0) is 25.4. The summed E-state index contributed by atoms with van der Waals surface area (Å²) in [6, 6.07) is 19.0. The van der Waals surface area contributed by atoms with Crippen molar-refractivity contribution in [1.29, 1.82) is 0 Å². The van der Waals surface area contributed by atoms with E-state index in [9.17, 15) is 14.7 Å². The van der Waals surface area contributed by atoms with Crippen LogP contribution in [0, 0.1) is 0 Å². The molecule has 2 aromatic heterocycles. The minimum absolute atomic E-state index is 0.0125. The van der Waals surface area contributed by atoms with Gasteiger partial charge in [0.1, 0.15) is 0 Å². The lowest BCUT2D eigenvalue weighted by Crippen LogP contribution is -2.31. The molecule has 5 rings (SSSR count). The van der Waals surface area contributed by atoms with Crippen molar-refractivity contribution in [3.8, 4) is 5.75 Å². The predicted octanol–water partition coefficient (Wildman–Crippen LogP) is 4.68. The number of furan rings is 1. The molecule has 0 aliphatic carbocycles. The summed E-state index contributed by atoms with van der Waals surface area (Å²) in [4.78, 5) is 34.8. The number of aliphatic hydroxyl groups excluding tert-OH is 1. The topological polar surface area (TPSA) is 96.1 Å². The van der Waals surface area contributed by atoms with Crippen LogP contribution >= 0.6 is 0 Å². The van der Waals surface area contributed by atoms with E-state index in [0.29, 0.717) is 28.0 Å². The van der Waals surface area contributed by atoms with Gasteiger partial charge in [0.15, 0.2) is 22.9 Å². The molecule has 182 valence electrons. The number of methoxy groups -OCH3 is 1. The number of carbonyl (C=O) groups excluding carboxylic acids is 2. The average Bonchev–Trinajstić information content (AvgIpc) is 3.44. The van der Waals surface area contributed by atoms with Crippen molar-refractivity contribution in [1.82, 2.24) is 9.88 Å². The molecule has 1 aliphatic rings. The molecule has 0 bridgehead atoms. The molecule has 3 heterocycles. The second-order valence-electron chi connectivity index (χ2n) is 8.72. The van der Waals surface area contributed by atoms with Crippen LogP contribution in [0.4, 0.5) is 5.69 Å². The number of pyridine rings is 1. The Morgan fingerprint density at radius 3 is 2.56 bits per heavy atom. The minimum Gasteiger partial charge on any atom is -0.503 e. The van der Waals surface area contributed by atoms with E-state index in [1.54, 1.807) is 42.6 Å². The van der Waals surface area contributed by atoms with Crippen LogP contribution in [0.5, 0.6) is 5.75 Å². The molecule has 1 amide bonds. The molecule has 36 heavy (non-hydrogen) atoms. The van der Waals surface area contributed by atoms with Crippen LogP contribution in [0.1, 0.15) is 27.9 Å². The molecule has 0 saturated carbocycles. The third kappa shape index (κ3) is 3.96. The Balaban J connectivity index is 1.60. The molecule has 4 aromatic rings. The van der Waals surface area contributed by atoms with Crippen molar-refractivity contribution in [2.24, 2.45) is 0 Å². The van der Waals surface area contributed by atoms with Gasteiger partial charge in [0.2, 0.25) is 5.78 Å². The van der Waals surface area contributed by atoms with E-state index < -0.39 is 23.5 Å². The number of hydrogen-bond donors (Lipinski definition) is 1. The van der Waals surface area contributed by atoms with Gasteiger partial charge in [0, 0.05) is 31.4 Å². The Labute approximate surface area is 208 Å². The van der Waals surface area contributed by atoms with E-state index in [-0.39, 0.29) is 17.9 Å². The molecule has 1 aliphatic heterocycles. The van der Waals surface area contributed by atoms with Gasteiger partial charge < -0.3 is 24.1 Å². The number of rotatable bonds is 7. The number of ether oxygens (including phenoxy) is 1. The number of aliphatic hydroxyl groups is 1. The van der Waals surface area contributed by atoms with Gasteiger partial charge in [-0.05, 0) is 42.0 Å². The maximum absolute atomic E-state index is 13.8. The van der Waals surface area contributed by atoms with Crippen LogP contribution in [0.15, 0.2) is 88.7 Å². The van der Waals surface area contributed by atoms with Crippen LogP contribution in [0.2, 0.25) is 0 Å². The summed E-state index contributed by atoms with van der Waals surface area (Å²) in [6.45, 7) is 0.120. The number of anilines is 1. The highest BCUT2D eigenvalue weighted by Crippen LogP contribution is 2.41. The fraction of sp³-hybridized carbons (Fsp3) is 0.179. The van der Waals surface area contributed by atoms with Gasteiger partial charge in [-0.1, -0.05) is 30.3 Å². The van der Waals surface area contributed by atoms with E-state index in [0.717, 1.165) is 5.69 Å². The largest absolute Gasteiger partial charge is 0.503 e. The van der Waals surface area contributed by atoms with Crippen molar-refractivity contribution in [3.63, 3.8) is 0 Å². The maximum Gasteiger partial charge on any atom is 0.290 e. The third-order valence-electron chi connectivity index (χ3n) is 6.28. The molecule has 8 nitrogen and oxygen atoms in total. The SMILES string of the molecule is COc1cccc2cc(C(=O)C3=C(O)C(=O)N(Cc4ccccn4)C3c3ccc(N(C)C)cc3)oc12. The molecule has 1 unspecified atom stereocenters. The van der Waals surface area contributed by atoms with Crippen molar-refractivity contribution >= 4 is 28.3 Å². The molecule has 0 fully saturated rings. The lowest BCUT2D eigenvalue weighted by Gasteiger charge is -2.27. The molecule has 1 atom stereocenters. The van der Waals surface area contributed by atoms with Crippen molar-refractivity contribution < 1.29 is 23.8 Å². The smallest absolute Gasteiger partial charge is 0.290 e. The van der Waals surface area contributed by atoms with Gasteiger partial charge in [0.25, 0.3) is 5.91 Å². The molecular formula is C28H25N3O5. The fourth-order valence-electron chi connectivity index (χ4n) is 4.46. The zero-order valence-electron chi connectivity index (χ0n) is 20.1. The number of nitrogens with zero attached hydrogens (tertiary/aromatic N) is 3. The summed E-state index contributed by atoms with van der Waals surface area (Å²) >= 11 is 0. The lowest BCUT2D eigenvalue weighted by molar-refractivity contribution is -0.130. The maximum atomic E-state index is 13.8. The highest BCUT2D eigenvalue weighted by atomic mass is 16.5. The molecule has 0 radical (unpaired) electrons. The van der Waals surface area contributed by atoms with Crippen LogP contribution in [0.25, 0.3) is 11.0 Å². The Bertz CT molecular complexity index is 1470. The first-order chi connectivity index (χ1) is 17.4. The van der Waals surface area contributed by atoms with Crippen LogP contribution in [-0.2, 0) is 11.3 Å². The Kier molecular flexibility index (Phi) is 5.93. The van der Waals surface area contributed by atoms with Crippen LogP contribution in [0.3, 0.4) is 0 Å². The molecule has 0 spiro atoms. The van der Waals surface area contributed by atoms with Gasteiger partial charge in [-0.3, -0.25) is 14.6 Å². The van der Waals surface area contributed by atoms with Crippen LogP contribution < -0.4 is 9.64 Å². The molecule has 0 saturated heterocycles. The highest BCUT2D eigenvalue weighted by molar-refractivity contribution is 6.16. The predicted molar refractivity (Wildman–Crippen MR) is 135 cm³/mol. The zero-order valence-corrected chi connectivity index (χ0v) is 20.1. The third-order valence-corrected chi connectivity index (χ3v) is 6.28. The van der Waals surface area contributed by atoms with Gasteiger partial charge in [-0.2, -0.15) is 0 Å². The van der Waals surface area contributed by atoms with E-state index in [4.69, 9.17) is 9.15 Å². The number of fused-ring (bicyclic) bond motifs is 1. The number of amides is 1. The van der Waals surface area contributed by atoms with Gasteiger partial charge in [0.05, 0.1) is 31.0 Å². The number of Topliss-reactive ketones (excluding diaryl/α,β-unsaturated/α-hetero) is 1. The molecule has 2 aromatic carbocycles. The first-order valence-electron chi connectivity index (χ1n) is 11.4. The number of hydrogen-bond acceptors (Lipinski definition) is 7. The quantitative estimate of drug-likeness (QED) is 0.381. The number of para-hydroxylation sites is 1. The Morgan fingerprint density at radius 2 is 1.89 bits per heavy atom. The molecule has 8 heteroatoms. The average molecular weight is 484 g/mol. The second-order valence-corrected chi connectivity index (χ2v) is 8.72. The van der Waals surface area contributed by atoms with Crippen molar-refractivity contribution in [2.75, 3.05) is 26.1 Å². The minimum atomic E-state index is -0.821. The van der Waals surface area contributed by atoms with E-state index in [2.05, 4.69) is 4.98 Å². The molecule has 1 N–H and O–H groups in total. The van der Waals surface area contributed by atoms with Gasteiger partial charge >= 0.3 is 0 Å². The van der Waals surface area contributed by atoms with Gasteiger partial charge in [-0.15, -0.1) is 0 Å². The lowest BCUT2D eigenvalue weighted by atomic mass is 9.94. The number of ketones is 1. The summed E-state index contributed by atoms with van der Waals surface area (Å²) < 4.78 is 11.2. The first kappa shape index (κ1) is 23.2. The van der Waals surface area contributed by atoms with E-state index in [1.165, 1.54) is 12.0 Å². The summed E-state index contributed by atoms with van der Waals surface area (Å²) in [6.07, 6.45) is 1.64. The van der Waals surface area contributed by atoms with E-state index >= 15 is 0 Å². The monoisotopic (exact) mass is 483 g/mol. The van der Waals surface area contributed by atoms with Crippen molar-refractivity contribution in [2.45, 2.75) is 12.6 Å². The summed E-state index contributed by atoms with van der Waals surface area (Å²) in [7, 11) is 5.38. The molecular weight excluding hydrogens is 458 g/mol.